The minimum absolute atomic E-state index is 0.103. The zero-order valence-corrected chi connectivity index (χ0v) is 10.7. The number of nitrogens with one attached hydrogen (secondary N) is 2. The Morgan fingerprint density at radius 1 is 1.28 bits per heavy atom. The third kappa shape index (κ3) is 3.00. The molecule has 2 fully saturated rings. The quantitative estimate of drug-likeness (QED) is 0.636. The standard InChI is InChI=1S/C12H22N4O2/c13-11(18)15-10(17)8-16-7-6-14-9-12(16)4-2-1-3-5-12/h14H,1-9H2,(H3,13,15,17,18). The molecule has 0 aromatic heterocycles. The monoisotopic (exact) mass is 254 g/mol. The Morgan fingerprint density at radius 2 is 2.00 bits per heavy atom. The van der Waals surface area contributed by atoms with Crippen LogP contribution in [0.5, 0.6) is 0 Å². The highest BCUT2D eigenvalue weighted by Gasteiger charge is 2.40. The third-order valence-corrected chi connectivity index (χ3v) is 4.06. The second-order valence-electron chi connectivity index (χ2n) is 5.30. The van der Waals surface area contributed by atoms with Gasteiger partial charge in [-0.05, 0) is 12.8 Å². The predicted molar refractivity (Wildman–Crippen MR) is 68.0 cm³/mol. The summed E-state index contributed by atoms with van der Waals surface area (Å²) in [5.74, 6) is -0.297. The fourth-order valence-electron chi connectivity index (χ4n) is 3.18. The van der Waals surface area contributed by atoms with E-state index < -0.39 is 6.03 Å². The van der Waals surface area contributed by atoms with Gasteiger partial charge in [-0.2, -0.15) is 0 Å². The molecule has 0 unspecified atom stereocenters. The van der Waals surface area contributed by atoms with Gasteiger partial charge in [0.1, 0.15) is 0 Å². The second kappa shape index (κ2) is 5.67. The summed E-state index contributed by atoms with van der Waals surface area (Å²) < 4.78 is 0. The Bertz CT molecular complexity index is 318. The first-order chi connectivity index (χ1) is 8.62. The summed E-state index contributed by atoms with van der Waals surface area (Å²) in [6.07, 6.45) is 5.97. The summed E-state index contributed by atoms with van der Waals surface area (Å²) in [5, 5.41) is 5.57. The van der Waals surface area contributed by atoms with Crippen LogP contribution in [0.2, 0.25) is 0 Å². The molecule has 0 bridgehead atoms. The van der Waals surface area contributed by atoms with E-state index in [4.69, 9.17) is 5.73 Å². The van der Waals surface area contributed by atoms with Crippen molar-refractivity contribution in [2.24, 2.45) is 5.73 Å². The molecule has 3 amide bonds. The van der Waals surface area contributed by atoms with E-state index >= 15 is 0 Å². The van der Waals surface area contributed by atoms with Gasteiger partial charge in [-0.3, -0.25) is 15.0 Å². The number of nitrogens with zero attached hydrogens (tertiary/aromatic N) is 1. The fraction of sp³-hybridized carbons (Fsp3) is 0.833. The smallest absolute Gasteiger partial charge is 0.318 e. The van der Waals surface area contributed by atoms with Gasteiger partial charge in [-0.1, -0.05) is 19.3 Å². The fourth-order valence-corrected chi connectivity index (χ4v) is 3.18. The molecule has 1 saturated heterocycles. The molecule has 0 aromatic carbocycles. The Balaban J connectivity index is 1.99. The van der Waals surface area contributed by atoms with Gasteiger partial charge in [0.25, 0.3) is 0 Å². The van der Waals surface area contributed by atoms with E-state index in [-0.39, 0.29) is 18.0 Å². The molecule has 1 heterocycles. The van der Waals surface area contributed by atoms with Crippen LogP contribution in [0.3, 0.4) is 0 Å². The lowest BCUT2D eigenvalue weighted by Gasteiger charge is -2.49. The zero-order chi connectivity index (χ0) is 13.0. The van der Waals surface area contributed by atoms with Crippen molar-refractivity contribution in [1.82, 2.24) is 15.5 Å². The lowest BCUT2D eigenvalue weighted by atomic mass is 9.79. The summed E-state index contributed by atoms with van der Waals surface area (Å²) in [5.41, 5.74) is 5.07. The van der Waals surface area contributed by atoms with Crippen molar-refractivity contribution < 1.29 is 9.59 Å². The van der Waals surface area contributed by atoms with Crippen LogP contribution in [0.1, 0.15) is 32.1 Å². The van der Waals surface area contributed by atoms with Gasteiger partial charge in [0, 0.05) is 25.2 Å². The van der Waals surface area contributed by atoms with Crippen LogP contribution in [0.25, 0.3) is 0 Å². The third-order valence-electron chi connectivity index (χ3n) is 4.06. The number of amides is 3. The number of hydrogen-bond donors (Lipinski definition) is 3. The van der Waals surface area contributed by atoms with Gasteiger partial charge in [0.15, 0.2) is 0 Å². The average molecular weight is 254 g/mol. The molecule has 0 radical (unpaired) electrons. The van der Waals surface area contributed by atoms with E-state index in [1.165, 1.54) is 19.3 Å². The van der Waals surface area contributed by atoms with Gasteiger partial charge < -0.3 is 11.1 Å². The Morgan fingerprint density at radius 3 is 2.67 bits per heavy atom. The van der Waals surface area contributed by atoms with Crippen LogP contribution < -0.4 is 16.4 Å². The molecule has 2 aliphatic rings. The van der Waals surface area contributed by atoms with Gasteiger partial charge in [-0.25, -0.2) is 4.79 Å². The summed E-state index contributed by atoms with van der Waals surface area (Å²) in [6.45, 7) is 2.96. The van der Waals surface area contributed by atoms with Crippen LogP contribution in [0.4, 0.5) is 4.79 Å². The maximum Gasteiger partial charge on any atom is 0.318 e. The number of rotatable bonds is 2. The predicted octanol–water partition coefficient (Wildman–Crippen LogP) is -0.211. The van der Waals surface area contributed by atoms with Gasteiger partial charge in [0.05, 0.1) is 6.54 Å². The van der Waals surface area contributed by atoms with Crippen molar-refractivity contribution in [2.45, 2.75) is 37.6 Å². The van der Waals surface area contributed by atoms with Crippen LogP contribution in [-0.4, -0.2) is 48.6 Å². The Labute approximate surface area is 107 Å². The molecule has 1 aliphatic heterocycles. The highest BCUT2D eigenvalue weighted by molar-refractivity contribution is 5.94. The topological polar surface area (TPSA) is 87.5 Å². The van der Waals surface area contributed by atoms with Crippen molar-refractivity contribution in [3.8, 4) is 0 Å². The summed E-state index contributed by atoms with van der Waals surface area (Å²) in [4.78, 5) is 24.6. The molecule has 6 nitrogen and oxygen atoms in total. The highest BCUT2D eigenvalue weighted by Crippen LogP contribution is 2.34. The number of primary amides is 1. The van der Waals surface area contributed by atoms with E-state index in [1.807, 2.05) is 0 Å². The lowest BCUT2D eigenvalue weighted by Crippen LogP contribution is -2.63. The SMILES string of the molecule is NC(=O)NC(=O)CN1CCNCC12CCCCC2. The van der Waals surface area contributed by atoms with Gasteiger partial charge in [0.2, 0.25) is 5.91 Å². The van der Waals surface area contributed by atoms with E-state index in [2.05, 4.69) is 15.5 Å². The Kier molecular flexibility index (Phi) is 4.19. The molecule has 0 aromatic rings. The van der Waals surface area contributed by atoms with Crippen molar-refractivity contribution in [1.29, 1.82) is 0 Å². The molecule has 4 N–H and O–H groups in total. The van der Waals surface area contributed by atoms with E-state index in [0.717, 1.165) is 32.5 Å². The molecular weight excluding hydrogens is 232 g/mol. The number of nitrogens with two attached hydrogens (primary N) is 1. The first-order valence-corrected chi connectivity index (χ1v) is 6.67. The van der Waals surface area contributed by atoms with Crippen molar-refractivity contribution in [3.05, 3.63) is 0 Å². The first-order valence-electron chi connectivity index (χ1n) is 6.67. The maximum atomic E-state index is 11.7. The largest absolute Gasteiger partial charge is 0.351 e. The number of carbonyl (C=O) groups is 2. The molecule has 0 atom stereocenters. The molecular formula is C12H22N4O2. The second-order valence-corrected chi connectivity index (χ2v) is 5.30. The molecule has 18 heavy (non-hydrogen) atoms. The molecule has 2 rings (SSSR count). The minimum Gasteiger partial charge on any atom is -0.351 e. The Hall–Kier alpha value is -1.14. The molecule has 1 aliphatic carbocycles. The summed E-state index contributed by atoms with van der Waals surface area (Å²) >= 11 is 0. The maximum absolute atomic E-state index is 11.7. The summed E-state index contributed by atoms with van der Waals surface area (Å²) in [6, 6.07) is -0.771. The molecule has 1 saturated carbocycles. The number of hydrogen-bond acceptors (Lipinski definition) is 4. The van der Waals surface area contributed by atoms with Crippen LogP contribution in [0, 0.1) is 0 Å². The minimum atomic E-state index is -0.771. The number of imide groups is 1. The summed E-state index contributed by atoms with van der Waals surface area (Å²) in [7, 11) is 0. The van der Waals surface area contributed by atoms with Crippen molar-refractivity contribution in [2.75, 3.05) is 26.2 Å². The normalized spacial score (nSPS) is 23.8. The van der Waals surface area contributed by atoms with Gasteiger partial charge >= 0.3 is 6.03 Å². The number of urea groups is 1. The zero-order valence-electron chi connectivity index (χ0n) is 10.7. The van der Waals surface area contributed by atoms with Crippen LogP contribution >= 0.6 is 0 Å². The van der Waals surface area contributed by atoms with Crippen LogP contribution in [-0.2, 0) is 4.79 Å². The molecule has 1 spiro atoms. The van der Waals surface area contributed by atoms with Crippen molar-refractivity contribution in [3.63, 3.8) is 0 Å². The van der Waals surface area contributed by atoms with Crippen LogP contribution in [0.15, 0.2) is 0 Å². The number of piperazine rings is 1. The number of carbonyl (C=O) groups excluding carboxylic acids is 2. The highest BCUT2D eigenvalue weighted by atomic mass is 16.2. The average Bonchev–Trinajstić information content (AvgIpc) is 2.32. The van der Waals surface area contributed by atoms with Gasteiger partial charge in [-0.15, -0.1) is 0 Å². The molecule has 102 valence electrons. The van der Waals surface area contributed by atoms with Crippen molar-refractivity contribution >= 4 is 11.9 Å². The van der Waals surface area contributed by atoms with E-state index in [9.17, 15) is 9.59 Å². The first kappa shape index (κ1) is 13.3. The molecule has 6 heteroatoms. The van der Waals surface area contributed by atoms with E-state index in [1.54, 1.807) is 0 Å². The van der Waals surface area contributed by atoms with E-state index in [0.29, 0.717) is 0 Å². The lowest BCUT2D eigenvalue weighted by molar-refractivity contribution is -0.123.